The zero-order valence-corrected chi connectivity index (χ0v) is 18.0. The summed E-state index contributed by atoms with van der Waals surface area (Å²) in [6, 6.07) is 2.11. The third-order valence-corrected chi connectivity index (χ3v) is 6.13. The summed E-state index contributed by atoms with van der Waals surface area (Å²) in [7, 11) is 0. The second-order valence-electron chi connectivity index (χ2n) is 8.15. The van der Waals surface area contributed by atoms with Crippen LogP contribution in [0.5, 0.6) is 0 Å². The molecule has 9 heteroatoms. The molecular weight excluding hydrogens is 388 g/mol. The zero-order valence-electron chi connectivity index (χ0n) is 17.2. The minimum absolute atomic E-state index is 0.237. The molecule has 0 amide bonds. The third kappa shape index (κ3) is 5.67. The average molecular weight is 421 g/mol. The minimum Gasteiger partial charge on any atom is -0.378 e. The second kappa shape index (κ2) is 9.86. The molecule has 1 aromatic heterocycles. The van der Waals surface area contributed by atoms with Crippen molar-refractivity contribution >= 4 is 34.9 Å². The fourth-order valence-corrected chi connectivity index (χ4v) is 4.16. The standard InChI is InChI=1S/C20H32N6O2S/c1-15-4-6-25(7-5-15)17-13-18(26-8-11-27-12-9-26)23-19(22-17)24-20(29)21-14-16-3-2-10-28-16/h13,15-16H,2-12,14H2,1H3,(H2,21,22,23,24,29)/t16-/m1/s1. The predicted molar refractivity (Wildman–Crippen MR) is 119 cm³/mol. The number of piperidine rings is 1. The lowest BCUT2D eigenvalue weighted by Crippen LogP contribution is -2.38. The average Bonchev–Trinajstić information content (AvgIpc) is 3.27. The van der Waals surface area contributed by atoms with E-state index in [0.717, 1.165) is 76.4 Å². The van der Waals surface area contributed by atoms with E-state index in [4.69, 9.17) is 31.7 Å². The SMILES string of the molecule is CC1CCN(c2cc(N3CCOCC3)nc(NC(=S)NC[C@H]3CCCO3)n2)CC1. The van der Waals surface area contributed by atoms with E-state index in [1.807, 2.05) is 0 Å². The number of anilines is 3. The van der Waals surface area contributed by atoms with Crippen molar-refractivity contribution in [1.82, 2.24) is 15.3 Å². The Morgan fingerprint density at radius 1 is 1.07 bits per heavy atom. The Hall–Kier alpha value is -1.71. The molecule has 4 rings (SSSR count). The van der Waals surface area contributed by atoms with Crippen molar-refractivity contribution in [2.75, 3.05) is 67.7 Å². The third-order valence-electron chi connectivity index (χ3n) is 5.88. The van der Waals surface area contributed by atoms with Crippen molar-refractivity contribution < 1.29 is 9.47 Å². The molecule has 29 heavy (non-hydrogen) atoms. The van der Waals surface area contributed by atoms with Crippen LogP contribution in [0.2, 0.25) is 0 Å². The molecule has 8 nitrogen and oxygen atoms in total. The summed E-state index contributed by atoms with van der Waals surface area (Å²) in [5.41, 5.74) is 0. The van der Waals surface area contributed by atoms with E-state index in [1.165, 1.54) is 12.8 Å². The lowest BCUT2D eigenvalue weighted by atomic mass is 9.99. The number of morpholine rings is 1. The number of rotatable bonds is 5. The quantitative estimate of drug-likeness (QED) is 0.696. The highest BCUT2D eigenvalue weighted by Gasteiger charge is 2.21. The number of aromatic nitrogens is 2. The van der Waals surface area contributed by atoms with Crippen LogP contribution in [0, 0.1) is 5.92 Å². The molecule has 4 heterocycles. The van der Waals surface area contributed by atoms with Gasteiger partial charge in [-0.15, -0.1) is 0 Å². The van der Waals surface area contributed by atoms with Gasteiger partial charge in [-0.3, -0.25) is 0 Å². The van der Waals surface area contributed by atoms with Gasteiger partial charge >= 0.3 is 0 Å². The molecule has 3 fully saturated rings. The highest BCUT2D eigenvalue weighted by Crippen LogP contribution is 2.26. The summed E-state index contributed by atoms with van der Waals surface area (Å²) in [6.45, 7) is 9.07. The van der Waals surface area contributed by atoms with Gasteiger partial charge < -0.3 is 29.9 Å². The molecule has 0 radical (unpaired) electrons. The molecule has 0 spiro atoms. The Labute approximate surface area is 178 Å². The molecule has 1 aromatic rings. The molecular formula is C20H32N6O2S. The van der Waals surface area contributed by atoms with Gasteiger partial charge in [-0.1, -0.05) is 6.92 Å². The fraction of sp³-hybridized carbons (Fsp3) is 0.750. The molecule has 2 N–H and O–H groups in total. The number of nitrogens with one attached hydrogen (secondary N) is 2. The van der Waals surface area contributed by atoms with Crippen LogP contribution < -0.4 is 20.4 Å². The highest BCUT2D eigenvalue weighted by atomic mass is 32.1. The first kappa shape index (κ1) is 20.6. The van der Waals surface area contributed by atoms with Crippen molar-refractivity contribution in [3.63, 3.8) is 0 Å². The molecule has 3 aliphatic heterocycles. The largest absolute Gasteiger partial charge is 0.378 e. The lowest BCUT2D eigenvalue weighted by Gasteiger charge is -2.33. The van der Waals surface area contributed by atoms with Crippen molar-refractivity contribution in [2.45, 2.75) is 38.7 Å². The molecule has 3 aliphatic rings. The van der Waals surface area contributed by atoms with Crippen LogP contribution in [0.15, 0.2) is 6.07 Å². The van der Waals surface area contributed by atoms with Crippen LogP contribution in [-0.2, 0) is 9.47 Å². The summed E-state index contributed by atoms with van der Waals surface area (Å²) in [5, 5.41) is 6.98. The maximum atomic E-state index is 5.65. The molecule has 0 bridgehead atoms. The van der Waals surface area contributed by atoms with Crippen LogP contribution in [0.25, 0.3) is 0 Å². The highest BCUT2D eigenvalue weighted by molar-refractivity contribution is 7.80. The van der Waals surface area contributed by atoms with Crippen molar-refractivity contribution in [3.8, 4) is 0 Å². The van der Waals surface area contributed by atoms with Crippen LogP contribution in [0.3, 0.4) is 0 Å². The monoisotopic (exact) mass is 420 g/mol. The summed E-state index contributed by atoms with van der Waals surface area (Å²) >= 11 is 5.48. The molecule has 0 aromatic carbocycles. The van der Waals surface area contributed by atoms with Crippen LogP contribution in [0.1, 0.15) is 32.6 Å². The molecule has 0 saturated carbocycles. The Balaban J connectivity index is 1.46. The zero-order chi connectivity index (χ0) is 20.1. The first-order chi connectivity index (χ1) is 14.2. The van der Waals surface area contributed by atoms with Gasteiger partial charge in [-0.25, -0.2) is 0 Å². The number of nitrogens with zero attached hydrogens (tertiary/aromatic N) is 4. The molecule has 0 unspecified atom stereocenters. The van der Waals surface area contributed by atoms with E-state index >= 15 is 0 Å². The van der Waals surface area contributed by atoms with Crippen LogP contribution in [0.4, 0.5) is 17.6 Å². The van der Waals surface area contributed by atoms with E-state index in [-0.39, 0.29) is 6.10 Å². The van der Waals surface area contributed by atoms with Crippen molar-refractivity contribution in [3.05, 3.63) is 6.07 Å². The predicted octanol–water partition coefficient (Wildman–Crippen LogP) is 2.01. The smallest absolute Gasteiger partial charge is 0.232 e. The van der Waals surface area contributed by atoms with Crippen LogP contribution >= 0.6 is 12.2 Å². The van der Waals surface area contributed by atoms with E-state index in [9.17, 15) is 0 Å². The van der Waals surface area contributed by atoms with Gasteiger partial charge in [0, 0.05) is 45.4 Å². The number of hydrogen-bond acceptors (Lipinski definition) is 7. The van der Waals surface area contributed by atoms with E-state index in [1.54, 1.807) is 0 Å². The number of hydrogen-bond donors (Lipinski definition) is 2. The topological polar surface area (TPSA) is 74.8 Å². The lowest BCUT2D eigenvalue weighted by molar-refractivity contribution is 0.114. The van der Waals surface area contributed by atoms with Crippen LogP contribution in [-0.4, -0.2) is 73.7 Å². The fourth-order valence-electron chi connectivity index (χ4n) is 3.99. The van der Waals surface area contributed by atoms with Gasteiger partial charge in [0.25, 0.3) is 0 Å². The minimum atomic E-state index is 0.237. The Kier molecular flexibility index (Phi) is 6.99. The van der Waals surface area contributed by atoms with E-state index in [0.29, 0.717) is 17.6 Å². The van der Waals surface area contributed by atoms with Crippen molar-refractivity contribution in [2.24, 2.45) is 5.92 Å². The van der Waals surface area contributed by atoms with E-state index < -0.39 is 0 Å². The first-order valence-electron chi connectivity index (χ1n) is 10.8. The van der Waals surface area contributed by atoms with Gasteiger partial charge in [0.15, 0.2) is 5.11 Å². The Bertz CT molecular complexity index is 686. The summed E-state index contributed by atoms with van der Waals surface area (Å²) in [5.74, 6) is 3.23. The summed E-state index contributed by atoms with van der Waals surface area (Å²) < 4.78 is 11.2. The molecule has 1 atom stereocenters. The maximum absolute atomic E-state index is 5.65. The Morgan fingerprint density at radius 3 is 2.41 bits per heavy atom. The first-order valence-corrected chi connectivity index (χ1v) is 11.2. The molecule has 0 aliphatic carbocycles. The van der Waals surface area contributed by atoms with Gasteiger partial charge in [0.1, 0.15) is 11.6 Å². The summed E-state index contributed by atoms with van der Waals surface area (Å²) in [6.07, 6.45) is 4.83. The van der Waals surface area contributed by atoms with Crippen molar-refractivity contribution in [1.29, 1.82) is 0 Å². The maximum Gasteiger partial charge on any atom is 0.232 e. The Morgan fingerprint density at radius 2 is 1.76 bits per heavy atom. The van der Waals surface area contributed by atoms with Gasteiger partial charge in [0.05, 0.1) is 19.3 Å². The number of ether oxygens (including phenoxy) is 2. The normalized spacial score (nSPS) is 23.3. The van der Waals surface area contributed by atoms with Gasteiger partial charge in [0.2, 0.25) is 5.95 Å². The van der Waals surface area contributed by atoms with Gasteiger partial charge in [-0.2, -0.15) is 9.97 Å². The van der Waals surface area contributed by atoms with E-state index in [2.05, 4.69) is 33.4 Å². The number of thiocarbonyl (C=S) groups is 1. The van der Waals surface area contributed by atoms with Gasteiger partial charge in [-0.05, 0) is 43.8 Å². The molecule has 3 saturated heterocycles. The summed E-state index contributed by atoms with van der Waals surface area (Å²) in [4.78, 5) is 14.2. The second-order valence-corrected chi connectivity index (χ2v) is 8.56. The molecule has 160 valence electrons.